The molecule has 3 amide bonds. The van der Waals surface area contributed by atoms with Crippen LogP contribution in [0, 0.1) is 0 Å². The third kappa shape index (κ3) is 9.38. The van der Waals surface area contributed by atoms with Crippen molar-refractivity contribution in [2.24, 2.45) is 0 Å². The maximum atomic E-state index is 13.9. The Labute approximate surface area is 276 Å². The first kappa shape index (κ1) is 33.7. The van der Waals surface area contributed by atoms with E-state index in [1.54, 1.807) is 48.2 Å². The summed E-state index contributed by atoms with van der Waals surface area (Å²) in [4.78, 5) is 58.8. The molecule has 7 nitrogen and oxygen atoms in total. The van der Waals surface area contributed by atoms with Crippen molar-refractivity contribution in [1.29, 1.82) is 0 Å². The van der Waals surface area contributed by atoms with E-state index in [1.165, 1.54) is 26.5 Å². The highest BCUT2D eigenvalue weighted by atomic mass is 35.5. The fraction of sp³-hybridized carbons (Fsp3) is 0.419. The first-order valence-electron chi connectivity index (χ1n) is 14.1. The minimum Gasteiger partial charge on any atom is -0.335 e. The quantitative estimate of drug-likeness (QED) is 0.246. The van der Waals surface area contributed by atoms with E-state index in [1.807, 2.05) is 0 Å². The number of nitrogens with zero attached hydrogens (tertiary/aromatic N) is 3. The average Bonchev–Trinajstić information content (AvgIpc) is 3.47. The lowest BCUT2D eigenvalue weighted by Crippen LogP contribution is -2.61. The molecule has 0 aromatic heterocycles. The van der Waals surface area contributed by atoms with Crippen molar-refractivity contribution < 1.29 is 19.2 Å². The van der Waals surface area contributed by atoms with Crippen molar-refractivity contribution >= 4 is 81.7 Å². The van der Waals surface area contributed by atoms with E-state index in [0.717, 1.165) is 23.3 Å². The normalized spacial score (nSPS) is 17.0. The largest absolute Gasteiger partial charge is 0.335 e. The molecule has 0 saturated carbocycles. The molecule has 1 saturated heterocycles. The molecule has 0 spiro atoms. The SMILES string of the molecule is CC(=O)CN(CCc1ccc(Cl)cc1Cl)C(=O)CC1C(=O)N(CCc2ccc(Cl)cc2Cl)CC(=O)N1CCC1=CCCS1. The van der Waals surface area contributed by atoms with Crippen LogP contribution >= 0.6 is 58.2 Å². The number of allylic oxidation sites excluding steroid dienone is 1. The summed E-state index contributed by atoms with van der Waals surface area (Å²) in [5, 5.41) is 1.97. The number of carbonyl (C=O) groups is 4. The van der Waals surface area contributed by atoms with Gasteiger partial charge in [-0.3, -0.25) is 19.2 Å². The molecule has 2 aromatic carbocycles. The maximum absolute atomic E-state index is 13.9. The Balaban J connectivity index is 1.51. The standard InChI is InChI=1S/C31H33Cl4N3O4S/c1-20(39)18-36(11-8-21-4-6-23(32)15-26(21)34)29(40)17-28-31(42)37(12-9-22-5-7-24(33)16-27(22)35)19-30(41)38(28)13-10-25-3-2-14-43-25/h3-7,15-16,28H,2,8-14,17-19H2,1H3. The molecule has 0 radical (unpaired) electrons. The van der Waals surface area contributed by atoms with Crippen LogP contribution in [0.4, 0.5) is 0 Å². The van der Waals surface area contributed by atoms with E-state index >= 15 is 0 Å². The minimum atomic E-state index is -0.977. The zero-order valence-corrected chi connectivity index (χ0v) is 27.6. The van der Waals surface area contributed by atoms with Crippen LogP contribution in [0.3, 0.4) is 0 Å². The molecular formula is C31H33Cl4N3O4S. The van der Waals surface area contributed by atoms with Crippen LogP contribution in [0.5, 0.6) is 0 Å². The van der Waals surface area contributed by atoms with Crippen LogP contribution < -0.4 is 0 Å². The first-order chi connectivity index (χ1) is 20.5. The highest BCUT2D eigenvalue weighted by Gasteiger charge is 2.41. The highest BCUT2D eigenvalue weighted by molar-refractivity contribution is 8.03. The average molecular weight is 686 g/mol. The van der Waals surface area contributed by atoms with Crippen LogP contribution in [0.1, 0.15) is 37.3 Å². The second kappa shape index (κ2) is 15.7. The Morgan fingerprint density at radius 1 is 0.930 bits per heavy atom. The number of hydrogen-bond acceptors (Lipinski definition) is 5. The van der Waals surface area contributed by atoms with Crippen LogP contribution in [-0.2, 0) is 32.0 Å². The maximum Gasteiger partial charge on any atom is 0.246 e. The molecule has 2 heterocycles. The lowest BCUT2D eigenvalue weighted by atomic mass is 10.0. The number of Topliss-reactive ketones (excluding diaryl/α,β-unsaturated/α-hetero) is 1. The van der Waals surface area contributed by atoms with Gasteiger partial charge in [0.15, 0.2) is 0 Å². The topological polar surface area (TPSA) is 78.0 Å². The number of halogens is 4. The molecule has 12 heteroatoms. The lowest BCUT2D eigenvalue weighted by molar-refractivity contribution is -0.158. The summed E-state index contributed by atoms with van der Waals surface area (Å²) in [6.45, 7) is 2.04. The van der Waals surface area contributed by atoms with Gasteiger partial charge in [-0.2, -0.15) is 0 Å². The van der Waals surface area contributed by atoms with Gasteiger partial charge in [0.2, 0.25) is 17.7 Å². The van der Waals surface area contributed by atoms with Gasteiger partial charge in [0.05, 0.1) is 19.5 Å². The molecule has 1 unspecified atom stereocenters. The number of piperazine rings is 1. The van der Waals surface area contributed by atoms with Gasteiger partial charge in [-0.1, -0.05) is 64.6 Å². The van der Waals surface area contributed by atoms with Crippen molar-refractivity contribution in [2.75, 3.05) is 38.5 Å². The fourth-order valence-electron chi connectivity index (χ4n) is 5.21. The number of amides is 3. The number of rotatable bonds is 13. The second-order valence-electron chi connectivity index (χ2n) is 10.6. The van der Waals surface area contributed by atoms with Crippen molar-refractivity contribution in [3.05, 3.63) is 78.6 Å². The summed E-state index contributed by atoms with van der Waals surface area (Å²) in [6, 6.07) is 9.32. The first-order valence-corrected chi connectivity index (χ1v) is 16.6. The van der Waals surface area contributed by atoms with Crippen LogP contribution in [0.2, 0.25) is 20.1 Å². The van der Waals surface area contributed by atoms with E-state index in [2.05, 4.69) is 6.08 Å². The van der Waals surface area contributed by atoms with Crippen molar-refractivity contribution in [2.45, 2.75) is 45.1 Å². The molecule has 0 aliphatic carbocycles. The lowest BCUT2D eigenvalue weighted by Gasteiger charge is -2.41. The number of ketones is 1. The zero-order valence-electron chi connectivity index (χ0n) is 23.8. The van der Waals surface area contributed by atoms with E-state index < -0.39 is 6.04 Å². The van der Waals surface area contributed by atoms with E-state index in [-0.39, 0.29) is 56.1 Å². The van der Waals surface area contributed by atoms with Gasteiger partial charge >= 0.3 is 0 Å². The molecule has 43 heavy (non-hydrogen) atoms. The Morgan fingerprint density at radius 3 is 2.16 bits per heavy atom. The van der Waals surface area contributed by atoms with Gasteiger partial charge in [0.1, 0.15) is 11.8 Å². The third-order valence-corrected chi connectivity index (χ3v) is 9.82. The Hall–Kier alpha value is -2.23. The van der Waals surface area contributed by atoms with E-state index in [4.69, 9.17) is 46.4 Å². The number of carbonyl (C=O) groups excluding carboxylic acids is 4. The number of hydrogen-bond donors (Lipinski definition) is 0. The molecule has 0 N–H and O–H groups in total. The predicted octanol–water partition coefficient (Wildman–Crippen LogP) is 6.34. The Kier molecular flexibility index (Phi) is 12.3. The molecule has 4 rings (SSSR count). The molecule has 230 valence electrons. The van der Waals surface area contributed by atoms with Gasteiger partial charge < -0.3 is 14.7 Å². The number of benzene rings is 2. The van der Waals surface area contributed by atoms with Crippen molar-refractivity contribution in [3.63, 3.8) is 0 Å². The summed E-state index contributed by atoms with van der Waals surface area (Å²) < 4.78 is 0. The van der Waals surface area contributed by atoms with Gasteiger partial charge in [0, 0.05) is 45.5 Å². The molecule has 2 aliphatic rings. The van der Waals surface area contributed by atoms with E-state index in [9.17, 15) is 19.2 Å². The third-order valence-electron chi connectivity index (χ3n) is 7.46. The molecule has 0 bridgehead atoms. The van der Waals surface area contributed by atoms with Crippen molar-refractivity contribution in [3.8, 4) is 0 Å². The smallest absolute Gasteiger partial charge is 0.246 e. The number of thioether (sulfide) groups is 1. The minimum absolute atomic E-state index is 0.0762. The van der Waals surface area contributed by atoms with E-state index in [0.29, 0.717) is 45.9 Å². The van der Waals surface area contributed by atoms with Crippen molar-refractivity contribution in [1.82, 2.24) is 14.7 Å². The molecule has 2 aliphatic heterocycles. The van der Waals surface area contributed by atoms with Gasteiger partial charge in [0.25, 0.3) is 0 Å². The molecule has 1 atom stereocenters. The monoisotopic (exact) mass is 683 g/mol. The summed E-state index contributed by atoms with van der Waals surface area (Å²) >= 11 is 26.5. The summed E-state index contributed by atoms with van der Waals surface area (Å²) in [6.07, 6.45) is 4.36. The van der Waals surface area contributed by atoms with Gasteiger partial charge in [-0.15, -0.1) is 11.8 Å². The summed E-state index contributed by atoms with van der Waals surface area (Å²) in [5.41, 5.74) is 1.59. The van der Waals surface area contributed by atoms with Gasteiger partial charge in [-0.25, -0.2) is 0 Å². The zero-order chi connectivity index (χ0) is 31.1. The Bertz CT molecular complexity index is 1420. The molecule has 1 fully saturated rings. The highest BCUT2D eigenvalue weighted by Crippen LogP contribution is 2.29. The predicted molar refractivity (Wildman–Crippen MR) is 174 cm³/mol. The summed E-state index contributed by atoms with van der Waals surface area (Å²) in [7, 11) is 0. The molecule has 2 aromatic rings. The second-order valence-corrected chi connectivity index (χ2v) is 13.5. The molecular weight excluding hydrogens is 652 g/mol. The van der Waals surface area contributed by atoms with Crippen LogP contribution in [0.25, 0.3) is 0 Å². The summed E-state index contributed by atoms with van der Waals surface area (Å²) in [5.74, 6) is -0.0783. The Morgan fingerprint density at radius 2 is 1.58 bits per heavy atom. The van der Waals surface area contributed by atoms with Crippen LogP contribution in [-0.4, -0.2) is 82.7 Å². The fourth-order valence-corrected chi connectivity index (χ4v) is 7.18. The van der Waals surface area contributed by atoms with Crippen LogP contribution in [0.15, 0.2) is 47.4 Å². The van der Waals surface area contributed by atoms with Gasteiger partial charge in [-0.05, 0) is 72.9 Å².